The predicted molar refractivity (Wildman–Crippen MR) is 76.5 cm³/mol. The minimum absolute atomic E-state index is 0.0656. The zero-order valence-electron chi connectivity index (χ0n) is 12.0. The van der Waals surface area contributed by atoms with E-state index in [9.17, 15) is 13.2 Å². The van der Waals surface area contributed by atoms with Gasteiger partial charge >= 0.3 is 0 Å². The van der Waals surface area contributed by atoms with Crippen LogP contribution < -0.4 is 5.32 Å². The third kappa shape index (κ3) is 2.86. The second kappa shape index (κ2) is 5.30. The standard InChI is InChI=1S/C14H24N2O3S/c1-20(18,19)16-6-2-3-12(9-16)14(17)15-13-8-10-4-5-11(13)7-10/h10-13H,2-9H2,1H3,(H,15,17). The molecule has 2 saturated carbocycles. The SMILES string of the molecule is CS(=O)(=O)N1CCCC(C(=O)NC2CC3CCC2C3)C1. The number of hydrogen-bond donors (Lipinski definition) is 1. The molecule has 2 bridgehead atoms. The average Bonchev–Trinajstić information content (AvgIpc) is 3.00. The van der Waals surface area contributed by atoms with Gasteiger partial charge in [-0.15, -0.1) is 0 Å². The molecular formula is C14H24N2O3S. The highest BCUT2D eigenvalue weighted by Gasteiger charge is 2.41. The Kier molecular flexibility index (Phi) is 3.79. The van der Waals surface area contributed by atoms with E-state index >= 15 is 0 Å². The first-order valence-corrected chi connectivity index (χ1v) is 9.54. The number of nitrogens with zero attached hydrogens (tertiary/aromatic N) is 1. The van der Waals surface area contributed by atoms with Crippen molar-refractivity contribution in [2.24, 2.45) is 17.8 Å². The number of sulfonamides is 1. The molecule has 2 aliphatic carbocycles. The van der Waals surface area contributed by atoms with E-state index in [0.717, 1.165) is 25.2 Å². The molecule has 0 spiro atoms. The van der Waals surface area contributed by atoms with Gasteiger partial charge in [0, 0.05) is 19.1 Å². The first kappa shape index (κ1) is 14.3. The summed E-state index contributed by atoms with van der Waals surface area (Å²) in [6.07, 6.45) is 7.77. The van der Waals surface area contributed by atoms with Crippen LogP contribution in [0.5, 0.6) is 0 Å². The largest absolute Gasteiger partial charge is 0.353 e. The first-order valence-electron chi connectivity index (χ1n) is 7.69. The first-order chi connectivity index (χ1) is 9.43. The number of carbonyl (C=O) groups excluding carboxylic acids is 1. The van der Waals surface area contributed by atoms with Crippen molar-refractivity contribution in [3.05, 3.63) is 0 Å². The molecule has 0 radical (unpaired) electrons. The molecule has 6 heteroatoms. The molecule has 0 aromatic rings. The fraction of sp³-hybridized carbons (Fsp3) is 0.929. The van der Waals surface area contributed by atoms with Gasteiger partial charge in [-0.3, -0.25) is 4.79 Å². The molecule has 1 aliphatic heterocycles. The van der Waals surface area contributed by atoms with E-state index in [2.05, 4.69) is 5.32 Å². The monoisotopic (exact) mass is 300 g/mol. The summed E-state index contributed by atoms with van der Waals surface area (Å²) >= 11 is 0. The highest BCUT2D eigenvalue weighted by Crippen LogP contribution is 2.44. The molecule has 20 heavy (non-hydrogen) atoms. The lowest BCUT2D eigenvalue weighted by Crippen LogP contribution is -2.48. The molecule has 5 nitrogen and oxygen atoms in total. The van der Waals surface area contributed by atoms with Crippen LogP contribution >= 0.6 is 0 Å². The zero-order valence-corrected chi connectivity index (χ0v) is 12.9. The normalized spacial score (nSPS) is 38.0. The summed E-state index contributed by atoms with van der Waals surface area (Å²) in [5.74, 6) is 1.37. The smallest absolute Gasteiger partial charge is 0.224 e. The van der Waals surface area contributed by atoms with Gasteiger partial charge in [0.1, 0.15) is 0 Å². The van der Waals surface area contributed by atoms with Crippen LogP contribution in [0.3, 0.4) is 0 Å². The van der Waals surface area contributed by atoms with E-state index in [-0.39, 0.29) is 11.8 Å². The summed E-state index contributed by atoms with van der Waals surface area (Å²) in [7, 11) is -3.17. The Morgan fingerprint density at radius 1 is 1.20 bits per heavy atom. The lowest BCUT2D eigenvalue weighted by Gasteiger charge is -2.32. The number of piperidine rings is 1. The van der Waals surface area contributed by atoms with Gasteiger partial charge in [-0.25, -0.2) is 12.7 Å². The summed E-state index contributed by atoms with van der Waals surface area (Å²) in [6, 6.07) is 0.342. The van der Waals surface area contributed by atoms with Crippen molar-refractivity contribution < 1.29 is 13.2 Å². The van der Waals surface area contributed by atoms with Crippen LogP contribution in [0.25, 0.3) is 0 Å². The Bertz CT molecular complexity index is 491. The molecule has 1 N–H and O–H groups in total. The molecular weight excluding hydrogens is 276 g/mol. The van der Waals surface area contributed by atoms with E-state index in [1.54, 1.807) is 0 Å². The molecule has 3 fully saturated rings. The van der Waals surface area contributed by atoms with E-state index < -0.39 is 10.0 Å². The molecule has 0 aromatic heterocycles. The maximum Gasteiger partial charge on any atom is 0.224 e. The van der Waals surface area contributed by atoms with Crippen molar-refractivity contribution in [2.45, 2.75) is 44.6 Å². The number of nitrogens with one attached hydrogen (secondary N) is 1. The van der Waals surface area contributed by atoms with Gasteiger partial charge in [0.15, 0.2) is 0 Å². The maximum atomic E-state index is 12.4. The van der Waals surface area contributed by atoms with Crippen molar-refractivity contribution in [1.82, 2.24) is 9.62 Å². The van der Waals surface area contributed by atoms with Crippen LogP contribution in [0.15, 0.2) is 0 Å². The molecule has 3 aliphatic rings. The van der Waals surface area contributed by atoms with E-state index in [4.69, 9.17) is 0 Å². The van der Waals surface area contributed by atoms with Crippen LogP contribution in [0, 0.1) is 17.8 Å². The van der Waals surface area contributed by atoms with Gasteiger partial charge in [0.2, 0.25) is 15.9 Å². The summed E-state index contributed by atoms with van der Waals surface area (Å²) in [6.45, 7) is 0.905. The van der Waals surface area contributed by atoms with E-state index in [0.29, 0.717) is 25.0 Å². The Labute approximate surface area is 121 Å². The van der Waals surface area contributed by atoms with Crippen molar-refractivity contribution >= 4 is 15.9 Å². The number of amides is 1. The highest BCUT2D eigenvalue weighted by molar-refractivity contribution is 7.88. The molecule has 1 heterocycles. The number of fused-ring (bicyclic) bond motifs is 2. The van der Waals surface area contributed by atoms with Crippen LogP contribution in [-0.4, -0.2) is 44.0 Å². The van der Waals surface area contributed by atoms with Gasteiger partial charge in [0.25, 0.3) is 0 Å². The van der Waals surface area contributed by atoms with Crippen LogP contribution in [0.1, 0.15) is 38.5 Å². The topological polar surface area (TPSA) is 66.5 Å². The Hall–Kier alpha value is -0.620. The van der Waals surface area contributed by atoms with Gasteiger partial charge in [-0.05, 0) is 43.9 Å². The van der Waals surface area contributed by atoms with Crippen LogP contribution in [0.4, 0.5) is 0 Å². The third-order valence-corrected chi connectivity index (χ3v) is 6.56. The Morgan fingerprint density at radius 3 is 2.60 bits per heavy atom. The van der Waals surface area contributed by atoms with Crippen molar-refractivity contribution in [3.63, 3.8) is 0 Å². The van der Waals surface area contributed by atoms with Crippen LogP contribution in [-0.2, 0) is 14.8 Å². The third-order valence-electron chi connectivity index (χ3n) is 5.29. The minimum atomic E-state index is -3.17. The quantitative estimate of drug-likeness (QED) is 0.844. The predicted octanol–water partition coefficient (Wildman–Crippen LogP) is 0.963. The fourth-order valence-corrected chi connectivity index (χ4v) is 5.09. The molecule has 4 atom stereocenters. The summed E-state index contributed by atoms with van der Waals surface area (Å²) in [5.41, 5.74) is 0. The maximum absolute atomic E-state index is 12.4. The number of rotatable bonds is 3. The lowest BCUT2D eigenvalue weighted by molar-refractivity contribution is -0.127. The van der Waals surface area contributed by atoms with Gasteiger partial charge in [-0.1, -0.05) is 6.42 Å². The van der Waals surface area contributed by atoms with E-state index in [1.165, 1.54) is 29.8 Å². The molecule has 4 unspecified atom stereocenters. The van der Waals surface area contributed by atoms with Crippen LogP contribution in [0.2, 0.25) is 0 Å². The Morgan fingerprint density at radius 2 is 2.00 bits per heavy atom. The van der Waals surface area contributed by atoms with Gasteiger partial charge in [0.05, 0.1) is 12.2 Å². The van der Waals surface area contributed by atoms with Crippen molar-refractivity contribution in [2.75, 3.05) is 19.3 Å². The second-order valence-electron chi connectivity index (χ2n) is 6.75. The summed E-state index contributed by atoms with van der Waals surface area (Å²) in [4.78, 5) is 12.4. The molecule has 114 valence electrons. The zero-order chi connectivity index (χ0) is 14.3. The van der Waals surface area contributed by atoms with Crippen molar-refractivity contribution in [1.29, 1.82) is 0 Å². The number of carbonyl (C=O) groups is 1. The van der Waals surface area contributed by atoms with Gasteiger partial charge in [-0.2, -0.15) is 0 Å². The highest BCUT2D eigenvalue weighted by atomic mass is 32.2. The summed E-state index contributed by atoms with van der Waals surface area (Å²) < 4.78 is 24.6. The summed E-state index contributed by atoms with van der Waals surface area (Å²) in [5, 5.41) is 3.19. The van der Waals surface area contributed by atoms with Gasteiger partial charge < -0.3 is 5.32 Å². The van der Waals surface area contributed by atoms with Crippen molar-refractivity contribution in [3.8, 4) is 0 Å². The lowest BCUT2D eigenvalue weighted by atomic mass is 9.93. The molecule has 1 saturated heterocycles. The molecule has 1 amide bonds. The average molecular weight is 300 g/mol. The van der Waals surface area contributed by atoms with E-state index in [1.807, 2.05) is 0 Å². The number of hydrogen-bond acceptors (Lipinski definition) is 3. The molecule has 0 aromatic carbocycles. The Balaban J connectivity index is 1.57. The minimum Gasteiger partial charge on any atom is -0.353 e. The second-order valence-corrected chi connectivity index (χ2v) is 8.73. The molecule has 3 rings (SSSR count). The fourth-order valence-electron chi connectivity index (χ4n) is 4.18.